The summed E-state index contributed by atoms with van der Waals surface area (Å²) in [5, 5.41) is 3.13. The quantitative estimate of drug-likeness (QED) is 0.847. The molecule has 1 saturated heterocycles. The maximum absolute atomic E-state index is 14.2. The first-order valence-corrected chi connectivity index (χ1v) is 6.28. The summed E-state index contributed by atoms with van der Waals surface area (Å²) in [6, 6.07) is 9.02. The molecule has 1 aromatic carbocycles. The van der Waals surface area contributed by atoms with E-state index in [1.165, 1.54) is 0 Å². The van der Waals surface area contributed by atoms with Crippen LogP contribution in [0.3, 0.4) is 0 Å². The van der Waals surface area contributed by atoms with Gasteiger partial charge in [0.05, 0.1) is 0 Å². The summed E-state index contributed by atoms with van der Waals surface area (Å²) >= 11 is 0. The Kier molecular flexibility index (Phi) is 4.11. The van der Waals surface area contributed by atoms with Crippen LogP contribution in [-0.2, 0) is 0 Å². The third-order valence-corrected chi connectivity index (χ3v) is 3.51. The van der Waals surface area contributed by atoms with E-state index in [1.807, 2.05) is 18.2 Å². The molecule has 3 heteroatoms. The summed E-state index contributed by atoms with van der Waals surface area (Å²) in [6.07, 6.45) is 0.576. The molecule has 0 saturated carbocycles. The van der Waals surface area contributed by atoms with E-state index in [2.05, 4.69) is 5.32 Å². The SMILES string of the molecule is FC(CCC1(F)CCNCC1)c1ccccc1. The van der Waals surface area contributed by atoms with Crippen LogP contribution in [0, 0.1) is 0 Å². The molecule has 0 radical (unpaired) electrons. The number of hydrogen-bond acceptors (Lipinski definition) is 1. The van der Waals surface area contributed by atoms with E-state index >= 15 is 0 Å². The van der Waals surface area contributed by atoms with Crippen LogP contribution in [0.25, 0.3) is 0 Å². The summed E-state index contributed by atoms with van der Waals surface area (Å²) in [4.78, 5) is 0. The second-order valence-corrected chi connectivity index (χ2v) is 4.82. The van der Waals surface area contributed by atoms with Crippen molar-refractivity contribution in [3.8, 4) is 0 Å². The Morgan fingerprint density at radius 3 is 2.47 bits per heavy atom. The summed E-state index contributed by atoms with van der Waals surface area (Å²) in [5.41, 5.74) is -0.505. The van der Waals surface area contributed by atoms with Gasteiger partial charge in [-0.2, -0.15) is 0 Å². The molecule has 1 unspecified atom stereocenters. The molecule has 0 aliphatic carbocycles. The van der Waals surface area contributed by atoms with Crippen molar-refractivity contribution in [2.75, 3.05) is 13.1 Å². The molecule has 2 rings (SSSR count). The van der Waals surface area contributed by atoms with Gasteiger partial charge in [0, 0.05) is 0 Å². The van der Waals surface area contributed by atoms with Crippen LogP contribution in [0.1, 0.15) is 37.4 Å². The number of piperidine rings is 1. The standard InChI is InChI=1S/C14H19F2N/c15-13(12-4-2-1-3-5-12)6-7-14(16)8-10-17-11-9-14/h1-5,13,17H,6-11H2. The van der Waals surface area contributed by atoms with Gasteiger partial charge in [0.15, 0.2) is 0 Å². The van der Waals surface area contributed by atoms with E-state index in [0.29, 0.717) is 37.9 Å². The van der Waals surface area contributed by atoms with E-state index in [0.717, 1.165) is 0 Å². The highest BCUT2D eigenvalue weighted by Crippen LogP contribution is 2.33. The molecule has 1 heterocycles. The van der Waals surface area contributed by atoms with Gasteiger partial charge in [0.25, 0.3) is 0 Å². The number of nitrogens with one attached hydrogen (secondary N) is 1. The van der Waals surface area contributed by atoms with Gasteiger partial charge in [0.2, 0.25) is 0 Å². The van der Waals surface area contributed by atoms with E-state index in [4.69, 9.17) is 0 Å². The fraction of sp³-hybridized carbons (Fsp3) is 0.571. The minimum absolute atomic E-state index is 0.278. The van der Waals surface area contributed by atoms with Crippen molar-refractivity contribution in [2.45, 2.75) is 37.5 Å². The molecule has 0 bridgehead atoms. The van der Waals surface area contributed by atoms with Gasteiger partial charge in [0.1, 0.15) is 11.8 Å². The van der Waals surface area contributed by atoms with Gasteiger partial charge in [-0.25, -0.2) is 8.78 Å². The zero-order valence-electron chi connectivity index (χ0n) is 9.96. The van der Waals surface area contributed by atoms with E-state index < -0.39 is 11.8 Å². The van der Waals surface area contributed by atoms with Crippen molar-refractivity contribution >= 4 is 0 Å². The normalized spacial score (nSPS) is 21.1. The molecule has 1 aliphatic rings. The minimum atomic E-state index is -1.16. The summed E-state index contributed by atoms with van der Waals surface area (Å²) < 4.78 is 28.1. The predicted octanol–water partition coefficient (Wildman–Crippen LogP) is 3.57. The zero-order chi connectivity index (χ0) is 12.1. The summed E-state index contributed by atoms with van der Waals surface area (Å²) in [5.74, 6) is 0. The lowest BCUT2D eigenvalue weighted by Gasteiger charge is -2.30. The van der Waals surface area contributed by atoms with Crippen molar-refractivity contribution in [1.82, 2.24) is 5.32 Å². The van der Waals surface area contributed by atoms with Crippen LogP contribution in [0.5, 0.6) is 0 Å². The molecule has 94 valence electrons. The lowest BCUT2D eigenvalue weighted by Crippen LogP contribution is -2.38. The second-order valence-electron chi connectivity index (χ2n) is 4.82. The van der Waals surface area contributed by atoms with Crippen LogP contribution in [0.15, 0.2) is 30.3 Å². The van der Waals surface area contributed by atoms with Crippen LogP contribution < -0.4 is 5.32 Å². The molecule has 1 atom stereocenters. The molecule has 17 heavy (non-hydrogen) atoms. The Bertz CT molecular complexity index is 333. The third kappa shape index (κ3) is 3.50. The molecule has 1 nitrogen and oxygen atoms in total. The molecular weight excluding hydrogens is 220 g/mol. The first-order valence-electron chi connectivity index (χ1n) is 6.28. The smallest absolute Gasteiger partial charge is 0.125 e. The Morgan fingerprint density at radius 2 is 1.82 bits per heavy atom. The maximum atomic E-state index is 14.2. The summed E-state index contributed by atoms with van der Waals surface area (Å²) in [7, 11) is 0. The Hall–Kier alpha value is -0.960. The maximum Gasteiger partial charge on any atom is 0.125 e. The number of halogens is 2. The number of alkyl halides is 2. The molecule has 1 aromatic rings. The van der Waals surface area contributed by atoms with Crippen molar-refractivity contribution in [3.05, 3.63) is 35.9 Å². The van der Waals surface area contributed by atoms with E-state index in [9.17, 15) is 8.78 Å². The third-order valence-electron chi connectivity index (χ3n) is 3.51. The minimum Gasteiger partial charge on any atom is -0.316 e. The van der Waals surface area contributed by atoms with Gasteiger partial charge in [-0.05, 0) is 44.3 Å². The van der Waals surface area contributed by atoms with Crippen LogP contribution in [-0.4, -0.2) is 18.8 Å². The zero-order valence-corrected chi connectivity index (χ0v) is 9.96. The molecule has 0 amide bonds. The topological polar surface area (TPSA) is 12.0 Å². The van der Waals surface area contributed by atoms with Crippen LogP contribution in [0.4, 0.5) is 8.78 Å². The van der Waals surface area contributed by atoms with Crippen LogP contribution in [0.2, 0.25) is 0 Å². The van der Waals surface area contributed by atoms with Crippen molar-refractivity contribution < 1.29 is 8.78 Å². The Balaban J connectivity index is 1.85. The van der Waals surface area contributed by atoms with E-state index in [-0.39, 0.29) is 6.42 Å². The molecule has 0 aromatic heterocycles. The largest absolute Gasteiger partial charge is 0.316 e. The van der Waals surface area contributed by atoms with E-state index in [1.54, 1.807) is 12.1 Å². The molecule has 0 spiro atoms. The fourth-order valence-electron chi connectivity index (χ4n) is 2.34. The van der Waals surface area contributed by atoms with Crippen molar-refractivity contribution in [1.29, 1.82) is 0 Å². The fourth-order valence-corrected chi connectivity index (χ4v) is 2.34. The highest BCUT2D eigenvalue weighted by molar-refractivity contribution is 5.17. The van der Waals surface area contributed by atoms with Crippen molar-refractivity contribution in [3.63, 3.8) is 0 Å². The molecule has 1 aliphatic heterocycles. The average Bonchev–Trinajstić information content (AvgIpc) is 2.38. The summed E-state index contributed by atoms with van der Waals surface area (Å²) in [6.45, 7) is 1.41. The van der Waals surface area contributed by atoms with Gasteiger partial charge >= 0.3 is 0 Å². The second kappa shape index (κ2) is 5.58. The Labute approximate surface area is 101 Å². The number of benzene rings is 1. The lowest BCUT2D eigenvalue weighted by molar-refractivity contribution is 0.0910. The van der Waals surface area contributed by atoms with Gasteiger partial charge in [-0.15, -0.1) is 0 Å². The van der Waals surface area contributed by atoms with Gasteiger partial charge < -0.3 is 5.32 Å². The van der Waals surface area contributed by atoms with Gasteiger partial charge in [-0.1, -0.05) is 30.3 Å². The molecule has 1 N–H and O–H groups in total. The molecule has 1 fully saturated rings. The number of rotatable bonds is 4. The first kappa shape index (κ1) is 12.5. The first-order chi connectivity index (χ1) is 8.20. The average molecular weight is 239 g/mol. The highest BCUT2D eigenvalue weighted by atomic mass is 19.1. The number of hydrogen-bond donors (Lipinski definition) is 1. The van der Waals surface area contributed by atoms with Gasteiger partial charge in [-0.3, -0.25) is 0 Å². The Morgan fingerprint density at radius 1 is 1.18 bits per heavy atom. The highest BCUT2D eigenvalue weighted by Gasteiger charge is 2.32. The predicted molar refractivity (Wildman–Crippen MR) is 65.5 cm³/mol. The monoisotopic (exact) mass is 239 g/mol. The lowest BCUT2D eigenvalue weighted by atomic mass is 9.88. The molecular formula is C14H19F2N. The van der Waals surface area contributed by atoms with Crippen molar-refractivity contribution in [2.24, 2.45) is 0 Å². The van der Waals surface area contributed by atoms with Crippen LogP contribution >= 0.6 is 0 Å².